The van der Waals surface area contributed by atoms with Crippen LogP contribution in [0.5, 0.6) is 0 Å². The van der Waals surface area contributed by atoms with Crippen LogP contribution in [-0.2, 0) is 0 Å². The lowest BCUT2D eigenvalue weighted by Crippen LogP contribution is -2.35. The van der Waals surface area contributed by atoms with Gasteiger partial charge in [-0.1, -0.05) is 11.2 Å². The zero-order chi connectivity index (χ0) is 21.4. The number of piperidine rings is 1. The number of benzene rings is 1. The van der Waals surface area contributed by atoms with E-state index in [0.717, 1.165) is 32.4 Å². The summed E-state index contributed by atoms with van der Waals surface area (Å²) in [6.07, 6.45) is 5.87. The Balaban J connectivity index is 1.62. The minimum absolute atomic E-state index is 0.0432. The summed E-state index contributed by atoms with van der Waals surface area (Å²) in [6, 6.07) is 10.0. The van der Waals surface area contributed by atoms with Gasteiger partial charge in [0.2, 0.25) is 12.2 Å². The molecule has 1 fully saturated rings. The molecule has 4 heterocycles. The normalized spacial score (nSPS) is 14.1. The number of nitro benzene ring substituents is 1. The zero-order valence-electron chi connectivity index (χ0n) is 16.5. The number of hydrogen-bond donors (Lipinski definition) is 0. The Morgan fingerprint density at radius 2 is 1.90 bits per heavy atom. The number of carbonyl (C=O) groups excluding carboxylic acids is 1. The first-order chi connectivity index (χ1) is 15.1. The van der Waals surface area contributed by atoms with Crippen molar-refractivity contribution in [1.82, 2.24) is 24.7 Å². The summed E-state index contributed by atoms with van der Waals surface area (Å²) in [5.41, 5.74) is 2.69. The second-order valence-corrected chi connectivity index (χ2v) is 7.40. The van der Waals surface area contributed by atoms with Crippen LogP contribution in [0.3, 0.4) is 0 Å². The number of non-ortho nitro benzene ring substituents is 1. The molecule has 0 saturated carbocycles. The number of nitro groups is 1. The maximum Gasteiger partial charge on any atom is 0.270 e. The first-order valence-electron chi connectivity index (χ1n) is 9.94. The van der Waals surface area contributed by atoms with E-state index in [1.54, 1.807) is 22.8 Å². The Morgan fingerprint density at radius 3 is 2.65 bits per heavy atom. The Morgan fingerprint density at radius 1 is 1.10 bits per heavy atom. The van der Waals surface area contributed by atoms with Gasteiger partial charge >= 0.3 is 0 Å². The monoisotopic (exact) mass is 418 g/mol. The lowest BCUT2D eigenvalue weighted by atomic mass is 10.0. The standard InChI is InChI=1S/C21H18N6O4/c28-21(25-7-2-1-3-8-25)17-12-23-26-18(5-4-6-19(17)26)14-9-15(20-22-13-31-24-20)11-16(10-14)27(29)30/h4-6,9-13H,1-3,7-8H2. The number of aromatic nitrogens is 4. The summed E-state index contributed by atoms with van der Waals surface area (Å²) in [4.78, 5) is 29.9. The number of hydrogen-bond acceptors (Lipinski definition) is 7. The van der Waals surface area contributed by atoms with Gasteiger partial charge in [-0.25, -0.2) is 4.52 Å². The summed E-state index contributed by atoms with van der Waals surface area (Å²) in [5, 5.41) is 19.7. The van der Waals surface area contributed by atoms with E-state index in [1.807, 2.05) is 17.0 Å². The van der Waals surface area contributed by atoms with Crippen LogP contribution in [0.2, 0.25) is 0 Å². The van der Waals surface area contributed by atoms with Gasteiger partial charge in [-0.2, -0.15) is 10.1 Å². The Kier molecular flexibility index (Phi) is 4.66. The number of rotatable bonds is 4. The van der Waals surface area contributed by atoms with Crippen LogP contribution < -0.4 is 0 Å². The Labute approximate surface area is 176 Å². The average Bonchev–Trinajstić information content (AvgIpc) is 3.49. The van der Waals surface area contributed by atoms with Crippen molar-refractivity contribution in [2.75, 3.05) is 13.1 Å². The molecule has 10 nitrogen and oxygen atoms in total. The molecule has 5 rings (SSSR count). The fourth-order valence-electron chi connectivity index (χ4n) is 3.95. The lowest BCUT2D eigenvalue weighted by Gasteiger charge is -2.26. The Hall–Kier alpha value is -4.08. The Bertz CT molecular complexity index is 1270. The highest BCUT2D eigenvalue weighted by atomic mass is 16.6. The zero-order valence-corrected chi connectivity index (χ0v) is 16.5. The van der Waals surface area contributed by atoms with Gasteiger partial charge in [-0.15, -0.1) is 0 Å². The summed E-state index contributed by atoms with van der Waals surface area (Å²) >= 11 is 0. The van der Waals surface area contributed by atoms with Crippen molar-refractivity contribution in [3.63, 3.8) is 0 Å². The van der Waals surface area contributed by atoms with Crippen molar-refractivity contribution in [2.45, 2.75) is 19.3 Å². The van der Waals surface area contributed by atoms with Crippen molar-refractivity contribution in [2.24, 2.45) is 0 Å². The smallest absolute Gasteiger partial charge is 0.270 e. The number of amides is 1. The molecule has 10 heteroatoms. The number of fused-ring (bicyclic) bond motifs is 1. The van der Waals surface area contributed by atoms with Crippen LogP contribution in [0.1, 0.15) is 29.6 Å². The molecule has 1 amide bonds. The fraction of sp³-hybridized carbons (Fsp3) is 0.238. The molecule has 0 radical (unpaired) electrons. The molecule has 3 aromatic heterocycles. The molecule has 1 aliphatic heterocycles. The number of carbonyl (C=O) groups is 1. The molecule has 0 aliphatic carbocycles. The summed E-state index contributed by atoms with van der Waals surface area (Å²) in [5.74, 6) is 0.205. The van der Waals surface area contributed by atoms with E-state index in [2.05, 4.69) is 15.2 Å². The largest absolute Gasteiger partial charge is 0.342 e. The van der Waals surface area contributed by atoms with Crippen LogP contribution in [0.4, 0.5) is 5.69 Å². The number of nitrogens with zero attached hydrogens (tertiary/aromatic N) is 6. The molecule has 0 unspecified atom stereocenters. The average molecular weight is 418 g/mol. The SMILES string of the molecule is O=C(c1cnn2c(-c3cc(-c4ncon4)cc([N+](=O)[O-])c3)cccc12)N1CCCCC1. The molecule has 1 aromatic carbocycles. The molecule has 1 aliphatic rings. The fourth-order valence-corrected chi connectivity index (χ4v) is 3.95. The van der Waals surface area contributed by atoms with Gasteiger partial charge < -0.3 is 9.42 Å². The molecule has 1 saturated heterocycles. The van der Waals surface area contributed by atoms with Crippen LogP contribution in [0, 0.1) is 10.1 Å². The molecule has 0 spiro atoms. The maximum absolute atomic E-state index is 13.0. The predicted molar refractivity (Wildman–Crippen MR) is 110 cm³/mol. The van der Waals surface area contributed by atoms with Crippen LogP contribution in [0.25, 0.3) is 28.2 Å². The van der Waals surface area contributed by atoms with Gasteiger partial charge in [0.1, 0.15) is 0 Å². The van der Waals surface area contributed by atoms with Crippen molar-refractivity contribution in [3.05, 3.63) is 64.7 Å². The molecule has 0 N–H and O–H groups in total. The summed E-state index contributed by atoms with van der Waals surface area (Å²) in [6.45, 7) is 1.49. The van der Waals surface area contributed by atoms with E-state index in [4.69, 9.17) is 4.52 Å². The first kappa shape index (κ1) is 18.9. The molecular formula is C21H18N6O4. The molecular weight excluding hydrogens is 400 g/mol. The van der Waals surface area contributed by atoms with Gasteiger partial charge in [0, 0.05) is 36.3 Å². The second-order valence-electron chi connectivity index (χ2n) is 7.40. The van der Waals surface area contributed by atoms with Crippen molar-refractivity contribution < 1.29 is 14.2 Å². The van der Waals surface area contributed by atoms with E-state index >= 15 is 0 Å². The third-order valence-corrected chi connectivity index (χ3v) is 5.46. The van der Waals surface area contributed by atoms with Gasteiger partial charge in [-0.3, -0.25) is 14.9 Å². The van der Waals surface area contributed by atoms with Gasteiger partial charge in [0.25, 0.3) is 11.6 Å². The molecule has 4 aromatic rings. The van der Waals surface area contributed by atoms with Crippen LogP contribution in [-0.4, -0.2) is 48.6 Å². The third-order valence-electron chi connectivity index (χ3n) is 5.46. The van der Waals surface area contributed by atoms with Gasteiger partial charge in [0.05, 0.1) is 27.9 Å². The summed E-state index contributed by atoms with van der Waals surface area (Å²) in [7, 11) is 0. The van der Waals surface area contributed by atoms with Gasteiger partial charge in [-0.05, 0) is 37.5 Å². The molecule has 0 atom stereocenters. The van der Waals surface area contributed by atoms with E-state index in [1.165, 1.54) is 18.5 Å². The highest BCUT2D eigenvalue weighted by molar-refractivity contribution is 6.01. The minimum atomic E-state index is -0.471. The van der Waals surface area contributed by atoms with E-state index in [9.17, 15) is 14.9 Å². The van der Waals surface area contributed by atoms with Crippen molar-refractivity contribution in [1.29, 1.82) is 0 Å². The third kappa shape index (κ3) is 3.41. The van der Waals surface area contributed by atoms with E-state index < -0.39 is 4.92 Å². The van der Waals surface area contributed by atoms with Crippen molar-refractivity contribution in [3.8, 4) is 22.6 Å². The van der Waals surface area contributed by atoms with Gasteiger partial charge in [0.15, 0.2) is 0 Å². The highest BCUT2D eigenvalue weighted by Crippen LogP contribution is 2.31. The van der Waals surface area contributed by atoms with Crippen molar-refractivity contribution >= 4 is 17.1 Å². The maximum atomic E-state index is 13.0. The number of likely N-dealkylation sites (tertiary alicyclic amines) is 1. The molecule has 156 valence electrons. The van der Waals surface area contributed by atoms with Crippen LogP contribution in [0.15, 0.2) is 53.5 Å². The highest BCUT2D eigenvalue weighted by Gasteiger charge is 2.23. The predicted octanol–water partition coefficient (Wildman–Crippen LogP) is 3.59. The molecule has 31 heavy (non-hydrogen) atoms. The van der Waals surface area contributed by atoms with Crippen LogP contribution >= 0.6 is 0 Å². The topological polar surface area (TPSA) is 120 Å². The number of pyridine rings is 1. The quantitative estimate of drug-likeness (QED) is 0.367. The minimum Gasteiger partial charge on any atom is -0.342 e. The summed E-state index contributed by atoms with van der Waals surface area (Å²) < 4.78 is 6.42. The lowest BCUT2D eigenvalue weighted by molar-refractivity contribution is -0.384. The first-order valence-corrected chi connectivity index (χ1v) is 9.94. The second kappa shape index (κ2) is 7.63. The molecule has 0 bridgehead atoms. The van der Waals surface area contributed by atoms with E-state index in [0.29, 0.717) is 27.9 Å². The van der Waals surface area contributed by atoms with E-state index in [-0.39, 0.29) is 17.4 Å².